The summed E-state index contributed by atoms with van der Waals surface area (Å²) in [7, 11) is 0. The van der Waals surface area contributed by atoms with E-state index in [4.69, 9.17) is 4.74 Å². The van der Waals surface area contributed by atoms with E-state index in [1.807, 2.05) is 31.7 Å². The highest BCUT2D eigenvalue weighted by molar-refractivity contribution is 5.96. The number of phenols is 1. The van der Waals surface area contributed by atoms with Crippen molar-refractivity contribution in [1.82, 2.24) is 4.90 Å². The minimum Gasteiger partial charge on any atom is -0.508 e. The van der Waals surface area contributed by atoms with Gasteiger partial charge in [-0.25, -0.2) is 0 Å². The van der Waals surface area contributed by atoms with Gasteiger partial charge in [-0.2, -0.15) is 0 Å². The first kappa shape index (κ1) is 19.9. The molecule has 2 saturated heterocycles. The molecule has 5 nitrogen and oxygen atoms in total. The van der Waals surface area contributed by atoms with Gasteiger partial charge in [0.1, 0.15) is 5.75 Å². The molecule has 0 aromatic heterocycles. The van der Waals surface area contributed by atoms with Gasteiger partial charge in [-0.3, -0.25) is 9.59 Å². The van der Waals surface area contributed by atoms with Crippen LogP contribution in [0.4, 0.5) is 0 Å². The predicted octanol–water partition coefficient (Wildman–Crippen LogP) is 3.96. The fraction of sp³-hybridized carbons (Fsp3) is 0.680. The summed E-state index contributed by atoms with van der Waals surface area (Å²) in [6, 6.07) is 5.74. The van der Waals surface area contributed by atoms with Crippen molar-refractivity contribution in [3.05, 3.63) is 29.3 Å². The first-order chi connectivity index (χ1) is 13.8. The Balaban J connectivity index is 1.60. The highest BCUT2D eigenvalue weighted by atomic mass is 16.6. The number of hydrogen-bond acceptors (Lipinski definition) is 4. The third-order valence-electron chi connectivity index (χ3n) is 10.3. The number of benzene rings is 1. The van der Waals surface area contributed by atoms with Crippen molar-refractivity contribution in [2.24, 2.45) is 16.2 Å². The van der Waals surface area contributed by atoms with Crippen molar-refractivity contribution >= 4 is 11.9 Å². The molecule has 4 aliphatic rings. The van der Waals surface area contributed by atoms with Crippen LogP contribution < -0.4 is 0 Å². The molecular formula is C25H33NO4. The lowest BCUT2D eigenvalue weighted by atomic mass is 9.50. The van der Waals surface area contributed by atoms with Crippen LogP contribution in [0.2, 0.25) is 0 Å². The van der Waals surface area contributed by atoms with Crippen LogP contribution in [0.1, 0.15) is 71.9 Å². The van der Waals surface area contributed by atoms with E-state index in [1.165, 1.54) is 5.56 Å². The molecule has 0 unspecified atom stereocenters. The second kappa shape index (κ2) is 5.41. The standard InChI is InChI=1S/C25H33NO4/c1-21(2)18-14-15-16(8-7-9-17(15)27)23(21,5)12-13-26(18)19(28)25-11-10-24(6,20(29)30-25)22(25,3)4/h7-9,18,27H,10-14H2,1-6H3/t18-,23+,24+,25-/m1/s1. The van der Waals surface area contributed by atoms with Crippen LogP contribution >= 0.6 is 0 Å². The fourth-order valence-corrected chi connectivity index (χ4v) is 7.12. The molecule has 1 aromatic rings. The van der Waals surface area contributed by atoms with E-state index in [0.717, 1.165) is 12.0 Å². The maximum atomic E-state index is 14.2. The van der Waals surface area contributed by atoms with Gasteiger partial charge in [-0.05, 0) is 55.2 Å². The number of esters is 1. The Labute approximate surface area is 178 Å². The van der Waals surface area contributed by atoms with Gasteiger partial charge in [0.15, 0.2) is 5.60 Å². The highest BCUT2D eigenvalue weighted by Gasteiger charge is 2.77. The van der Waals surface area contributed by atoms with Gasteiger partial charge in [-0.15, -0.1) is 0 Å². The second-order valence-corrected chi connectivity index (χ2v) is 11.5. The van der Waals surface area contributed by atoms with Gasteiger partial charge in [0, 0.05) is 23.4 Å². The van der Waals surface area contributed by atoms with E-state index < -0.39 is 16.4 Å². The average molecular weight is 412 g/mol. The maximum Gasteiger partial charge on any atom is 0.313 e. The van der Waals surface area contributed by atoms with E-state index in [0.29, 0.717) is 31.6 Å². The largest absolute Gasteiger partial charge is 0.508 e. The van der Waals surface area contributed by atoms with Crippen LogP contribution in [0.3, 0.4) is 0 Å². The van der Waals surface area contributed by atoms with Gasteiger partial charge >= 0.3 is 5.97 Å². The minimum absolute atomic E-state index is 0.0407. The molecule has 3 fully saturated rings. The van der Waals surface area contributed by atoms with Crippen molar-refractivity contribution in [1.29, 1.82) is 0 Å². The third-order valence-corrected chi connectivity index (χ3v) is 10.3. The molecule has 162 valence electrons. The molecule has 1 amide bonds. The number of amides is 1. The minimum atomic E-state index is -1.08. The van der Waals surface area contributed by atoms with Gasteiger partial charge in [0.05, 0.1) is 5.41 Å². The molecule has 1 saturated carbocycles. The lowest BCUT2D eigenvalue weighted by molar-refractivity contribution is -0.181. The number of carbonyl (C=O) groups is 2. The van der Waals surface area contributed by atoms with Crippen molar-refractivity contribution < 1.29 is 19.4 Å². The zero-order valence-electron chi connectivity index (χ0n) is 19.0. The zero-order chi connectivity index (χ0) is 21.9. The van der Waals surface area contributed by atoms with E-state index in [2.05, 4.69) is 26.8 Å². The van der Waals surface area contributed by atoms with E-state index in [-0.39, 0.29) is 28.7 Å². The molecular weight excluding hydrogens is 378 g/mol. The molecule has 5 rings (SSSR count). The monoisotopic (exact) mass is 411 g/mol. The Morgan fingerprint density at radius 2 is 1.77 bits per heavy atom. The Kier molecular flexibility index (Phi) is 3.59. The number of rotatable bonds is 1. The summed E-state index contributed by atoms with van der Waals surface area (Å²) in [5.74, 6) is 0.0358. The molecule has 4 bridgehead atoms. The topological polar surface area (TPSA) is 66.8 Å². The first-order valence-electron chi connectivity index (χ1n) is 11.2. The first-order valence-corrected chi connectivity index (χ1v) is 11.2. The number of piperidine rings is 1. The van der Waals surface area contributed by atoms with Gasteiger partial charge in [0.2, 0.25) is 0 Å². The van der Waals surface area contributed by atoms with E-state index in [9.17, 15) is 14.7 Å². The summed E-state index contributed by atoms with van der Waals surface area (Å²) < 4.78 is 5.93. The van der Waals surface area contributed by atoms with Crippen molar-refractivity contribution in [2.75, 3.05) is 6.54 Å². The van der Waals surface area contributed by atoms with Crippen LogP contribution in [0.15, 0.2) is 18.2 Å². The summed E-state index contributed by atoms with van der Waals surface area (Å²) >= 11 is 0. The normalized spacial score (nSPS) is 40.1. The van der Waals surface area contributed by atoms with Crippen LogP contribution in [0.5, 0.6) is 5.75 Å². The summed E-state index contributed by atoms with van der Waals surface area (Å²) in [6.45, 7) is 13.4. The number of likely N-dealkylation sites (tertiary alicyclic amines) is 1. The molecule has 1 aromatic carbocycles. The predicted molar refractivity (Wildman–Crippen MR) is 113 cm³/mol. The van der Waals surface area contributed by atoms with Crippen molar-refractivity contribution in [2.45, 2.75) is 84.3 Å². The molecule has 5 heteroatoms. The van der Waals surface area contributed by atoms with Gasteiger partial charge in [-0.1, -0.05) is 46.8 Å². The average Bonchev–Trinajstić information content (AvgIpc) is 2.95. The summed E-state index contributed by atoms with van der Waals surface area (Å²) in [6.07, 6.45) is 2.72. The second-order valence-electron chi connectivity index (χ2n) is 11.5. The van der Waals surface area contributed by atoms with Crippen molar-refractivity contribution in [3.8, 4) is 5.75 Å². The third kappa shape index (κ3) is 1.87. The molecule has 2 aliphatic heterocycles. The van der Waals surface area contributed by atoms with E-state index >= 15 is 0 Å². The Morgan fingerprint density at radius 1 is 1.07 bits per heavy atom. The lowest BCUT2D eigenvalue weighted by Crippen LogP contribution is -2.68. The van der Waals surface area contributed by atoms with Crippen LogP contribution in [-0.2, 0) is 26.2 Å². The molecule has 0 radical (unpaired) electrons. The Morgan fingerprint density at radius 3 is 2.37 bits per heavy atom. The van der Waals surface area contributed by atoms with Gasteiger partial charge < -0.3 is 14.7 Å². The van der Waals surface area contributed by atoms with Crippen LogP contribution in [0, 0.1) is 16.2 Å². The molecule has 1 N–H and O–H groups in total. The smallest absolute Gasteiger partial charge is 0.313 e. The molecule has 0 spiro atoms. The lowest BCUT2D eigenvalue weighted by Gasteiger charge is -2.61. The number of hydrogen-bond donors (Lipinski definition) is 1. The zero-order valence-corrected chi connectivity index (χ0v) is 19.0. The highest BCUT2D eigenvalue weighted by Crippen LogP contribution is 2.67. The summed E-state index contributed by atoms with van der Waals surface area (Å²) in [4.78, 5) is 28.9. The summed E-state index contributed by atoms with van der Waals surface area (Å²) in [5, 5.41) is 10.6. The number of phenolic OH excluding ortho intramolecular Hbond substituents is 1. The van der Waals surface area contributed by atoms with Crippen LogP contribution in [-0.4, -0.2) is 40.1 Å². The molecule has 2 heterocycles. The SMILES string of the molecule is CC1(C)[C@H]2Cc3c(O)cccc3[C@]1(C)CCN2C(=O)[C@@]12CC[C@@](C)(C(=O)O1)C2(C)C. The molecule has 30 heavy (non-hydrogen) atoms. The quantitative estimate of drug-likeness (QED) is 0.711. The number of aromatic hydroxyl groups is 1. The number of ether oxygens (including phenoxy) is 1. The summed E-state index contributed by atoms with van der Waals surface area (Å²) in [5.41, 5.74) is -0.388. The van der Waals surface area contributed by atoms with Crippen molar-refractivity contribution in [3.63, 3.8) is 0 Å². The molecule has 4 atom stereocenters. The Bertz CT molecular complexity index is 981. The number of carbonyl (C=O) groups excluding carboxylic acids is 2. The fourth-order valence-electron chi connectivity index (χ4n) is 7.12. The Hall–Kier alpha value is -2.04. The number of nitrogens with zero attached hydrogens (tertiary/aromatic N) is 1. The molecule has 2 aliphatic carbocycles. The van der Waals surface area contributed by atoms with E-state index in [1.54, 1.807) is 6.07 Å². The van der Waals surface area contributed by atoms with Crippen LogP contribution in [0.25, 0.3) is 0 Å². The van der Waals surface area contributed by atoms with Gasteiger partial charge in [0.25, 0.3) is 5.91 Å². The number of fused-ring (bicyclic) bond motifs is 6. The maximum absolute atomic E-state index is 14.2.